The SMILES string of the molecule is O=C(/C=C/c1ccccc1)n1c(-c2ccc(F)cc2)cn(-c2ccccc2)c1=O. The van der Waals surface area contributed by atoms with Crippen molar-refractivity contribution < 1.29 is 9.18 Å². The number of hydrogen-bond acceptors (Lipinski definition) is 2. The number of halogens is 1. The molecule has 3 aromatic carbocycles. The van der Waals surface area contributed by atoms with Crippen LogP contribution in [0.25, 0.3) is 23.0 Å². The van der Waals surface area contributed by atoms with Crippen LogP contribution in [-0.4, -0.2) is 15.0 Å². The van der Waals surface area contributed by atoms with Gasteiger partial charge in [0.2, 0.25) is 0 Å². The fraction of sp³-hybridized carbons (Fsp3) is 0. The Morgan fingerprint density at radius 1 is 0.828 bits per heavy atom. The van der Waals surface area contributed by atoms with Gasteiger partial charge in [-0.3, -0.25) is 9.36 Å². The maximum Gasteiger partial charge on any atom is 0.340 e. The van der Waals surface area contributed by atoms with Crippen molar-refractivity contribution in [1.29, 1.82) is 0 Å². The van der Waals surface area contributed by atoms with Crippen molar-refractivity contribution in [3.8, 4) is 16.9 Å². The van der Waals surface area contributed by atoms with Crippen molar-refractivity contribution in [2.45, 2.75) is 0 Å². The van der Waals surface area contributed by atoms with E-state index < -0.39 is 11.6 Å². The van der Waals surface area contributed by atoms with Gasteiger partial charge in [0.15, 0.2) is 0 Å². The maximum atomic E-state index is 13.4. The van der Waals surface area contributed by atoms with E-state index in [4.69, 9.17) is 0 Å². The molecule has 0 N–H and O–H groups in total. The lowest BCUT2D eigenvalue weighted by atomic mass is 10.1. The third kappa shape index (κ3) is 3.84. The summed E-state index contributed by atoms with van der Waals surface area (Å²) in [6.07, 6.45) is 4.61. The van der Waals surface area contributed by atoms with Gasteiger partial charge < -0.3 is 0 Å². The number of imidazole rings is 1. The number of para-hydroxylation sites is 1. The average Bonchev–Trinajstić information content (AvgIpc) is 3.11. The number of rotatable bonds is 4. The summed E-state index contributed by atoms with van der Waals surface area (Å²) in [4.78, 5) is 26.0. The Morgan fingerprint density at radius 2 is 1.45 bits per heavy atom. The van der Waals surface area contributed by atoms with Crippen LogP contribution in [0.3, 0.4) is 0 Å². The second-order valence-electron chi connectivity index (χ2n) is 6.43. The summed E-state index contributed by atoms with van der Waals surface area (Å²) in [6.45, 7) is 0. The number of allylic oxidation sites excluding steroid dienone is 1. The molecule has 29 heavy (non-hydrogen) atoms. The molecule has 0 amide bonds. The average molecular weight is 384 g/mol. The van der Waals surface area contributed by atoms with Gasteiger partial charge in [0, 0.05) is 17.8 Å². The van der Waals surface area contributed by atoms with Crippen molar-refractivity contribution in [2.75, 3.05) is 0 Å². The van der Waals surface area contributed by atoms with Gasteiger partial charge in [-0.25, -0.2) is 13.8 Å². The molecule has 5 heteroatoms. The molecule has 142 valence electrons. The monoisotopic (exact) mass is 384 g/mol. The number of hydrogen-bond donors (Lipinski definition) is 0. The Labute approximate surface area is 166 Å². The highest BCUT2D eigenvalue weighted by Crippen LogP contribution is 2.21. The van der Waals surface area contributed by atoms with Crippen LogP contribution in [0.15, 0.2) is 102 Å². The molecule has 0 unspecified atom stereocenters. The van der Waals surface area contributed by atoms with Gasteiger partial charge in [0.1, 0.15) is 5.82 Å². The predicted octanol–water partition coefficient (Wildman–Crippen LogP) is 4.80. The first kappa shape index (κ1) is 18.4. The molecule has 4 aromatic rings. The fourth-order valence-electron chi connectivity index (χ4n) is 3.06. The molecule has 0 fully saturated rings. The normalized spacial score (nSPS) is 11.1. The van der Waals surface area contributed by atoms with Crippen molar-refractivity contribution in [3.05, 3.63) is 119 Å². The standard InChI is InChI=1S/C24H17FN2O2/c25-20-14-12-19(13-15-20)22-17-26(21-9-5-2-6-10-21)24(29)27(22)23(28)16-11-18-7-3-1-4-8-18/h1-17H/b16-11+. The molecule has 1 heterocycles. The molecule has 4 rings (SSSR count). The Balaban J connectivity index is 1.83. The minimum Gasteiger partial charge on any atom is -0.269 e. The van der Waals surface area contributed by atoms with Crippen molar-refractivity contribution in [3.63, 3.8) is 0 Å². The summed E-state index contributed by atoms with van der Waals surface area (Å²) >= 11 is 0. The van der Waals surface area contributed by atoms with Crippen LogP contribution in [0.5, 0.6) is 0 Å². The lowest BCUT2D eigenvalue weighted by Crippen LogP contribution is -2.27. The Hall–Kier alpha value is -3.99. The quantitative estimate of drug-likeness (QED) is 0.475. The second-order valence-corrected chi connectivity index (χ2v) is 6.43. The zero-order valence-corrected chi connectivity index (χ0v) is 15.4. The smallest absolute Gasteiger partial charge is 0.269 e. The third-order valence-corrected chi connectivity index (χ3v) is 4.50. The molecular formula is C24H17FN2O2. The summed E-state index contributed by atoms with van der Waals surface area (Å²) in [5.41, 5.74) is 1.96. The van der Waals surface area contributed by atoms with E-state index in [-0.39, 0.29) is 5.82 Å². The van der Waals surface area contributed by atoms with E-state index in [9.17, 15) is 14.0 Å². The van der Waals surface area contributed by atoms with Crippen LogP contribution in [0.2, 0.25) is 0 Å². The van der Waals surface area contributed by atoms with Crippen LogP contribution < -0.4 is 5.69 Å². The second kappa shape index (κ2) is 7.94. The van der Waals surface area contributed by atoms with Gasteiger partial charge >= 0.3 is 5.69 Å². The van der Waals surface area contributed by atoms with E-state index in [1.165, 1.54) is 22.8 Å². The molecule has 0 aliphatic heterocycles. The molecule has 0 aliphatic carbocycles. The minimum absolute atomic E-state index is 0.388. The summed E-state index contributed by atoms with van der Waals surface area (Å²) in [5, 5.41) is 0. The summed E-state index contributed by atoms with van der Waals surface area (Å²) in [7, 11) is 0. The lowest BCUT2D eigenvalue weighted by molar-refractivity contribution is 0.0967. The van der Waals surface area contributed by atoms with Crippen molar-refractivity contribution in [1.82, 2.24) is 9.13 Å². The van der Waals surface area contributed by atoms with Gasteiger partial charge in [-0.15, -0.1) is 0 Å². The largest absolute Gasteiger partial charge is 0.340 e. The van der Waals surface area contributed by atoms with Gasteiger partial charge in [-0.2, -0.15) is 0 Å². The van der Waals surface area contributed by atoms with Gasteiger partial charge in [0.05, 0.1) is 11.4 Å². The van der Waals surface area contributed by atoms with Crippen LogP contribution in [0.4, 0.5) is 4.39 Å². The molecule has 0 spiro atoms. The summed E-state index contributed by atoms with van der Waals surface area (Å²) < 4.78 is 15.9. The summed E-state index contributed by atoms with van der Waals surface area (Å²) in [5.74, 6) is -0.867. The number of aromatic nitrogens is 2. The van der Waals surface area contributed by atoms with E-state index in [1.54, 1.807) is 36.5 Å². The van der Waals surface area contributed by atoms with Crippen molar-refractivity contribution in [2.24, 2.45) is 0 Å². The number of carbonyl (C=O) groups excluding carboxylic acids is 1. The van der Waals surface area contributed by atoms with Gasteiger partial charge in [-0.05, 0) is 48.0 Å². The molecule has 0 atom stereocenters. The number of nitrogens with zero attached hydrogens (tertiary/aromatic N) is 2. The Bertz CT molecular complexity index is 1220. The number of carbonyl (C=O) groups is 1. The van der Waals surface area contributed by atoms with E-state index in [2.05, 4.69) is 0 Å². The molecule has 0 bridgehead atoms. The molecule has 0 saturated carbocycles. The van der Waals surface area contributed by atoms with E-state index in [1.807, 2.05) is 48.5 Å². The van der Waals surface area contributed by atoms with Crippen LogP contribution in [0, 0.1) is 5.82 Å². The predicted molar refractivity (Wildman–Crippen MR) is 112 cm³/mol. The van der Waals surface area contributed by atoms with E-state index in [0.29, 0.717) is 16.9 Å². The molecule has 0 radical (unpaired) electrons. The molecule has 0 aliphatic rings. The first-order valence-electron chi connectivity index (χ1n) is 9.07. The highest BCUT2D eigenvalue weighted by molar-refractivity contribution is 5.96. The first-order chi connectivity index (χ1) is 14.1. The van der Waals surface area contributed by atoms with Crippen LogP contribution in [0.1, 0.15) is 10.4 Å². The Morgan fingerprint density at radius 3 is 2.10 bits per heavy atom. The highest BCUT2D eigenvalue weighted by Gasteiger charge is 2.18. The molecule has 1 aromatic heterocycles. The van der Waals surface area contributed by atoms with Crippen LogP contribution in [-0.2, 0) is 0 Å². The van der Waals surface area contributed by atoms with E-state index in [0.717, 1.165) is 10.1 Å². The van der Waals surface area contributed by atoms with Crippen molar-refractivity contribution >= 4 is 12.0 Å². The topological polar surface area (TPSA) is 44.0 Å². The lowest BCUT2D eigenvalue weighted by Gasteiger charge is -2.03. The fourth-order valence-corrected chi connectivity index (χ4v) is 3.06. The zero-order chi connectivity index (χ0) is 20.2. The van der Waals surface area contributed by atoms with Gasteiger partial charge in [-0.1, -0.05) is 48.5 Å². The highest BCUT2D eigenvalue weighted by atomic mass is 19.1. The zero-order valence-electron chi connectivity index (χ0n) is 15.4. The molecular weight excluding hydrogens is 367 g/mol. The maximum absolute atomic E-state index is 13.4. The first-order valence-corrected chi connectivity index (χ1v) is 9.07. The van der Waals surface area contributed by atoms with Gasteiger partial charge in [0.25, 0.3) is 5.91 Å². The Kier molecular flexibility index (Phi) is 5.03. The van der Waals surface area contributed by atoms with E-state index >= 15 is 0 Å². The molecule has 0 saturated heterocycles. The summed E-state index contributed by atoms with van der Waals surface area (Å²) in [6, 6.07) is 24.1. The third-order valence-electron chi connectivity index (χ3n) is 4.50. The van der Waals surface area contributed by atoms with Crippen LogP contribution >= 0.6 is 0 Å². The minimum atomic E-state index is -0.488. The number of benzene rings is 3. The molecule has 4 nitrogen and oxygen atoms in total.